The molecule has 1 heterocycles. The van der Waals surface area contributed by atoms with E-state index in [0.717, 1.165) is 5.56 Å². The minimum Gasteiger partial charge on any atom is -0.461 e. The Hall–Kier alpha value is -2.51. The molecule has 0 radical (unpaired) electrons. The summed E-state index contributed by atoms with van der Waals surface area (Å²) in [5.41, 5.74) is 1.28. The second-order valence-electron chi connectivity index (χ2n) is 6.86. The molecule has 2 aromatic rings. The zero-order chi connectivity index (χ0) is 20.1. The van der Waals surface area contributed by atoms with Crippen LogP contribution in [-0.4, -0.2) is 37.6 Å². The average Bonchev–Trinajstić information content (AvgIpc) is 2.73. The van der Waals surface area contributed by atoms with Crippen LogP contribution in [0.2, 0.25) is 0 Å². The first-order valence-electron chi connectivity index (χ1n) is 9.19. The Morgan fingerprint density at radius 3 is 2.36 bits per heavy atom. The number of sulfonamides is 1. The summed E-state index contributed by atoms with van der Waals surface area (Å²) >= 11 is 0. The Morgan fingerprint density at radius 2 is 1.71 bits per heavy atom. The van der Waals surface area contributed by atoms with Gasteiger partial charge in [-0.3, -0.25) is 9.59 Å². The minimum atomic E-state index is -3.69. The maximum atomic E-state index is 12.8. The van der Waals surface area contributed by atoms with E-state index in [1.807, 2.05) is 30.3 Å². The molecule has 1 aliphatic rings. The summed E-state index contributed by atoms with van der Waals surface area (Å²) in [4.78, 5) is 23.9. The standard InChI is InChI=1S/C21H23NO5S/c1-16(23)19-8-5-9-20(14-19)28(25,26)22-12-10-18(11-13-22)21(24)27-15-17-6-3-2-4-7-17/h2-9,14,18H,10-13,15H2,1H3. The molecular formula is C21H23NO5S. The number of esters is 1. The van der Waals surface area contributed by atoms with E-state index in [1.54, 1.807) is 12.1 Å². The molecule has 0 spiro atoms. The molecule has 2 aromatic carbocycles. The van der Waals surface area contributed by atoms with Crippen molar-refractivity contribution < 1.29 is 22.7 Å². The van der Waals surface area contributed by atoms with Gasteiger partial charge in [-0.05, 0) is 37.5 Å². The molecule has 148 valence electrons. The average molecular weight is 401 g/mol. The maximum absolute atomic E-state index is 12.8. The largest absolute Gasteiger partial charge is 0.461 e. The lowest BCUT2D eigenvalue weighted by molar-refractivity contribution is -0.151. The Morgan fingerprint density at radius 1 is 1.04 bits per heavy atom. The molecule has 3 rings (SSSR count). The zero-order valence-electron chi connectivity index (χ0n) is 15.7. The van der Waals surface area contributed by atoms with E-state index in [9.17, 15) is 18.0 Å². The predicted octanol–water partition coefficient (Wildman–Crippen LogP) is 3.03. The molecule has 1 fully saturated rings. The van der Waals surface area contributed by atoms with E-state index >= 15 is 0 Å². The number of piperidine rings is 1. The van der Waals surface area contributed by atoms with Crippen molar-refractivity contribution in [2.75, 3.05) is 13.1 Å². The summed E-state index contributed by atoms with van der Waals surface area (Å²) in [5.74, 6) is -0.782. The normalized spacial score (nSPS) is 15.9. The van der Waals surface area contributed by atoms with E-state index in [1.165, 1.54) is 23.4 Å². The third kappa shape index (κ3) is 4.66. The third-order valence-corrected chi connectivity index (χ3v) is 6.78. The number of carbonyl (C=O) groups excluding carboxylic acids is 2. The number of hydrogen-bond acceptors (Lipinski definition) is 5. The summed E-state index contributed by atoms with van der Waals surface area (Å²) in [7, 11) is -3.69. The van der Waals surface area contributed by atoms with Crippen LogP contribution in [0.15, 0.2) is 59.5 Å². The highest BCUT2D eigenvalue weighted by atomic mass is 32.2. The molecule has 7 heteroatoms. The van der Waals surface area contributed by atoms with Crippen LogP contribution >= 0.6 is 0 Å². The van der Waals surface area contributed by atoms with Crippen LogP contribution in [0.5, 0.6) is 0 Å². The summed E-state index contributed by atoms with van der Waals surface area (Å²) in [6.45, 7) is 2.11. The topological polar surface area (TPSA) is 80.8 Å². The molecule has 0 atom stereocenters. The van der Waals surface area contributed by atoms with Crippen LogP contribution in [0.3, 0.4) is 0 Å². The van der Waals surface area contributed by atoms with Crippen molar-refractivity contribution in [3.8, 4) is 0 Å². The molecule has 0 N–H and O–H groups in total. The number of carbonyl (C=O) groups is 2. The van der Waals surface area contributed by atoms with Crippen LogP contribution in [0.1, 0.15) is 35.7 Å². The quantitative estimate of drug-likeness (QED) is 0.549. The summed E-state index contributed by atoms with van der Waals surface area (Å²) in [6, 6.07) is 15.5. The van der Waals surface area contributed by atoms with Crippen molar-refractivity contribution in [2.24, 2.45) is 5.92 Å². The number of ketones is 1. The fraction of sp³-hybridized carbons (Fsp3) is 0.333. The molecule has 6 nitrogen and oxygen atoms in total. The molecule has 0 amide bonds. The Bertz CT molecular complexity index is 948. The van der Waals surface area contributed by atoms with Crippen molar-refractivity contribution in [2.45, 2.75) is 31.3 Å². The van der Waals surface area contributed by atoms with Gasteiger partial charge < -0.3 is 4.74 Å². The van der Waals surface area contributed by atoms with Crippen LogP contribution < -0.4 is 0 Å². The van der Waals surface area contributed by atoms with Crippen LogP contribution in [0.4, 0.5) is 0 Å². The molecule has 1 aliphatic heterocycles. The van der Waals surface area contributed by atoms with Gasteiger partial charge in [-0.2, -0.15) is 4.31 Å². The molecule has 0 saturated carbocycles. The van der Waals surface area contributed by atoms with E-state index in [2.05, 4.69) is 0 Å². The Balaban J connectivity index is 1.59. The summed E-state index contributed by atoms with van der Waals surface area (Å²) in [5, 5.41) is 0. The second-order valence-corrected chi connectivity index (χ2v) is 8.79. The van der Waals surface area contributed by atoms with Gasteiger partial charge in [0.2, 0.25) is 10.0 Å². The fourth-order valence-electron chi connectivity index (χ4n) is 3.20. The van der Waals surface area contributed by atoms with Crippen molar-refractivity contribution in [3.63, 3.8) is 0 Å². The lowest BCUT2D eigenvalue weighted by atomic mass is 9.98. The van der Waals surface area contributed by atoms with Gasteiger partial charge in [-0.25, -0.2) is 8.42 Å². The minimum absolute atomic E-state index is 0.102. The third-order valence-electron chi connectivity index (χ3n) is 4.89. The van der Waals surface area contributed by atoms with E-state index in [0.29, 0.717) is 18.4 Å². The molecule has 1 saturated heterocycles. The highest BCUT2D eigenvalue weighted by Gasteiger charge is 2.33. The number of benzene rings is 2. The van der Waals surface area contributed by atoms with Gasteiger partial charge in [0.25, 0.3) is 0 Å². The summed E-state index contributed by atoms with van der Waals surface area (Å²) < 4.78 is 32.4. The monoisotopic (exact) mass is 401 g/mol. The lowest BCUT2D eigenvalue weighted by Gasteiger charge is -2.30. The van der Waals surface area contributed by atoms with E-state index in [4.69, 9.17) is 4.74 Å². The number of Topliss-reactive ketones (excluding diaryl/α,β-unsaturated/α-hetero) is 1. The fourth-order valence-corrected chi connectivity index (χ4v) is 4.72. The SMILES string of the molecule is CC(=O)c1cccc(S(=O)(=O)N2CCC(C(=O)OCc3ccccc3)CC2)c1. The van der Waals surface area contributed by atoms with Gasteiger partial charge >= 0.3 is 5.97 Å². The van der Waals surface area contributed by atoms with Gasteiger partial charge in [0.15, 0.2) is 5.78 Å². The van der Waals surface area contributed by atoms with Crippen molar-refractivity contribution in [1.29, 1.82) is 0 Å². The first-order valence-corrected chi connectivity index (χ1v) is 10.6. The second kappa shape index (κ2) is 8.67. The molecule has 0 aliphatic carbocycles. The number of ether oxygens (including phenoxy) is 1. The molecule has 0 bridgehead atoms. The Kier molecular flexibility index (Phi) is 6.26. The highest BCUT2D eigenvalue weighted by Crippen LogP contribution is 2.25. The predicted molar refractivity (Wildman–Crippen MR) is 104 cm³/mol. The molecular weight excluding hydrogens is 378 g/mol. The zero-order valence-corrected chi connectivity index (χ0v) is 16.5. The van der Waals surface area contributed by atoms with Gasteiger partial charge in [0.05, 0.1) is 10.8 Å². The van der Waals surface area contributed by atoms with Gasteiger partial charge in [-0.15, -0.1) is 0 Å². The first-order chi connectivity index (χ1) is 13.4. The van der Waals surface area contributed by atoms with Crippen molar-refractivity contribution in [3.05, 3.63) is 65.7 Å². The first kappa shape index (κ1) is 20.2. The summed E-state index contributed by atoms with van der Waals surface area (Å²) in [6.07, 6.45) is 0.832. The lowest BCUT2D eigenvalue weighted by Crippen LogP contribution is -2.40. The molecule has 0 unspecified atom stereocenters. The van der Waals surface area contributed by atoms with Gasteiger partial charge in [0.1, 0.15) is 6.61 Å². The van der Waals surface area contributed by atoms with Gasteiger partial charge in [0, 0.05) is 18.7 Å². The molecule has 0 aromatic heterocycles. The van der Waals surface area contributed by atoms with Crippen molar-refractivity contribution in [1.82, 2.24) is 4.31 Å². The van der Waals surface area contributed by atoms with E-state index in [-0.39, 0.29) is 42.3 Å². The molecule has 28 heavy (non-hydrogen) atoms. The Labute approximate surface area is 165 Å². The maximum Gasteiger partial charge on any atom is 0.309 e. The van der Waals surface area contributed by atoms with Crippen molar-refractivity contribution >= 4 is 21.8 Å². The number of rotatable bonds is 6. The highest BCUT2D eigenvalue weighted by molar-refractivity contribution is 7.89. The van der Waals surface area contributed by atoms with Crippen LogP contribution in [-0.2, 0) is 26.2 Å². The van der Waals surface area contributed by atoms with Gasteiger partial charge in [-0.1, -0.05) is 42.5 Å². The smallest absolute Gasteiger partial charge is 0.309 e. The van der Waals surface area contributed by atoms with Crippen LogP contribution in [0, 0.1) is 5.92 Å². The van der Waals surface area contributed by atoms with Crippen LogP contribution in [0.25, 0.3) is 0 Å². The van der Waals surface area contributed by atoms with E-state index < -0.39 is 10.0 Å². The number of nitrogens with zero attached hydrogens (tertiary/aromatic N) is 1. The number of hydrogen-bond donors (Lipinski definition) is 0.